The maximum absolute atomic E-state index is 11.8. The molecule has 0 fully saturated rings. The van der Waals surface area contributed by atoms with Crippen LogP contribution in [0.25, 0.3) is 0 Å². The number of carbonyl (C=O) groups is 2. The van der Waals surface area contributed by atoms with E-state index >= 15 is 0 Å². The van der Waals surface area contributed by atoms with Crippen LogP contribution in [0.1, 0.15) is 42.4 Å². The van der Waals surface area contributed by atoms with Gasteiger partial charge < -0.3 is 15.5 Å². The molecule has 0 spiro atoms. The number of amides is 1. The molecule has 5 nitrogen and oxygen atoms in total. The van der Waals surface area contributed by atoms with Gasteiger partial charge in [-0.2, -0.15) is 0 Å². The Morgan fingerprint density at radius 3 is 2.56 bits per heavy atom. The van der Waals surface area contributed by atoms with Gasteiger partial charge in [-0.05, 0) is 25.8 Å². The molecule has 1 aromatic rings. The van der Waals surface area contributed by atoms with E-state index in [4.69, 9.17) is 10.5 Å². The van der Waals surface area contributed by atoms with E-state index in [0.717, 1.165) is 11.3 Å². The lowest BCUT2D eigenvalue weighted by atomic mass is 9.84. The van der Waals surface area contributed by atoms with Gasteiger partial charge >= 0.3 is 5.97 Å². The molecule has 0 aliphatic heterocycles. The largest absolute Gasteiger partial charge is 0.462 e. The average molecular weight is 252 g/mol. The number of aromatic nitrogens is 1. The van der Waals surface area contributed by atoms with E-state index in [1.807, 2.05) is 0 Å². The highest BCUT2D eigenvalue weighted by molar-refractivity contribution is 5.93. The molecule has 5 heteroatoms. The first-order chi connectivity index (χ1) is 8.29. The number of hydrogen-bond acceptors (Lipinski definition) is 3. The van der Waals surface area contributed by atoms with E-state index in [0.29, 0.717) is 18.6 Å². The Morgan fingerprint density at radius 2 is 2.06 bits per heavy atom. The summed E-state index contributed by atoms with van der Waals surface area (Å²) in [7, 11) is 0. The van der Waals surface area contributed by atoms with Crippen molar-refractivity contribution in [2.75, 3.05) is 6.61 Å². The predicted octanol–water partition coefficient (Wildman–Crippen LogP) is 1.55. The van der Waals surface area contributed by atoms with Crippen LogP contribution in [0.2, 0.25) is 0 Å². The summed E-state index contributed by atoms with van der Waals surface area (Å²) in [5.41, 5.74) is 6.65. The molecular weight excluding hydrogens is 232 g/mol. The number of primary amides is 1. The summed E-state index contributed by atoms with van der Waals surface area (Å²) in [5, 5.41) is 0. The van der Waals surface area contributed by atoms with Gasteiger partial charge in [0.2, 0.25) is 5.91 Å². The van der Waals surface area contributed by atoms with Crippen LogP contribution in [0.15, 0.2) is 6.20 Å². The average Bonchev–Trinajstić information content (AvgIpc) is 2.59. The molecular formula is C13H20N2O3. The maximum Gasteiger partial charge on any atom is 0.340 e. The van der Waals surface area contributed by atoms with Crippen molar-refractivity contribution >= 4 is 11.9 Å². The first-order valence-electron chi connectivity index (χ1n) is 5.93. The van der Waals surface area contributed by atoms with Gasteiger partial charge in [0.05, 0.1) is 12.2 Å². The number of aromatic amines is 1. The summed E-state index contributed by atoms with van der Waals surface area (Å²) in [6.07, 6.45) is 2.13. The van der Waals surface area contributed by atoms with E-state index in [1.54, 1.807) is 33.9 Å². The van der Waals surface area contributed by atoms with Gasteiger partial charge in [0.15, 0.2) is 0 Å². The van der Waals surface area contributed by atoms with E-state index in [1.165, 1.54) is 0 Å². The van der Waals surface area contributed by atoms with Crippen LogP contribution in [0.3, 0.4) is 0 Å². The van der Waals surface area contributed by atoms with Gasteiger partial charge in [0, 0.05) is 17.3 Å². The molecule has 1 heterocycles. The molecule has 18 heavy (non-hydrogen) atoms. The zero-order valence-corrected chi connectivity index (χ0v) is 11.3. The van der Waals surface area contributed by atoms with Crippen LogP contribution in [0.5, 0.6) is 0 Å². The van der Waals surface area contributed by atoms with Gasteiger partial charge in [-0.3, -0.25) is 4.79 Å². The predicted molar refractivity (Wildman–Crippen MR) is 68.2 cm³/mol. The Labute approximate surface area is 107 Å². The fraction of sp³-hybridized carbons (Fsp3) is 0.538. The highest BCUT2D eigenvalue weighted by Crippen LogP contribution is 2.25. The number of nitrogens with two attached hydrogens (primary N) is 1. The number of hydrogen-bond donors (Lipinski definition) is 2. The van der Waals surface area contributed by atoms with Gasteiger partial charge in [0.1, 0.15) is 0 Å². The SMILES string of the molecule is CCOC(=O)c1c(CC(C)(C)C(N)=O)c[nH]c1C. The Morgan fingerprint density at radius 1 is 1.44 bits per heavy atom. The normalized spacial score (nSPS) is 11.3. The molecule has 1 aromatic heterocycles. The number of esters is 1. The van der Waals surface area contributed by atoms with Gasteiger partial charge in [-0.1, -0.05) is 13.8 Å². The first-order valence-corrected chi connectivity index (χ1v) is 5.93. The highest BCUT2D eigenvalue weighted by Gasteiger charge is 2.29. The van der Waals surface area contributed by atoms with E-state index in [2.05, 4.69) is 4.98 Å². The molecule has 0 bridgehead atoms. The second-order valence-corrected chi connectivity index (χ2v) is 4.96. The Balaban J connectivity index is 3.04. The molecule has 1 amide bonds. The summed E-state index contributed by atoms with van der Waals surface area (Å²) in [4.78, 5) is 26.2. The second kappa shape index (κ2) is 5.25. The molecule has 3 N–H and O–H groups in total. The monoisotopic (exact) mass is 252 g/mol. The second-order valence-electron chi connectivity index (χ2n) is 4.96. The topological polar surface area (TPSA) is 85.2 Å². The Kier molecular flexibility index (Phi) is 4.16. The molecule has 100 valence electrons. The van der Waals surface area contributed by atoms with Crippen molar-refractivity contribution in [1.29, 1.82) is 0 Å². The number of aryl methyl sites for hydroxylation is 1. The number of nitrogens with one attached hydrogen (secondary N) is 1. The lowest BCUT2D eigenvalue weighted by Gasteiger charge is -2.20. The zero-order valence-electron chi connectivity index (χ0n) is 11.3. The Hall–Kier alpha value is -1.78. The molecule has 0 radical (unpaired) electrons. The van der Waals surface area contributed by atoms with Crippen LogP contribution in [-0.4, -0.2) is 23.5 Å². The minimum Gasteiger partial charge on any atom is -0.462 e. The summed E-state index contributed by atoms with van der Waals surface area (Å²) in [6, 6.07) is 0. The fourth-order valence-corrected chi connectivity index (χ4v) is 1.77. The van der Waals surface area contributed by atoms with Crippen LogP contribution >= 0.6 is 0 Å². The van der Waals surface area contributed by atoms with Crippen molar-refractivity contribution in [3.05, 3.63) is 23.0 Å². The molecule has 0 aromatic carbocycles. The third kappa shape index (κ3) is 2.91. The van der Waals surface area contributed by atoms with Crippen molar-refractivity contribution in [1.82, 2.24) is 4.98 Å². The third-order valence-corrected chi connectivity index (χ3v) is 2.94. The molecule has 1 rings (SSSR count). The van der Waals surface area contributed by atoms with Gasteiger partial charge in [0.25, 0.3) is 0 Å². The number of carbonyl (C=O) groups excluding carboxylic acids is 2. The number of H-pyrrole nitrogens is 1. The van der Waals surface area contributed by atoms with E-state index < -0.39 is 11.3 Å². The lowest BCUT2D eigenvalue weighted by molar-refractivity contribution is -0.125. The summed E-state index contributed by atoms with van der Waals surface area (Å²) < 4.78 is 5.01. The zero-order chi connectivity index (χ0) is 13.9. The van der Waals surface area contributed by atoms with E-state index in [9.17, 15) is 9.59 Å². The van der Waals surface area contributed by atoms with Crippen molar-refractivity contribution < 1.29 is 14.3 Å². The lowest BCUT2D eigenvalue weighted by Crippen LogP contribution is -2.33. The van der Waals surface area contributed by atoms with Crippen LogP contribution < -0.4 is 5.73 Å². The highest BCUT2D eigenvalue weighted by atomic mass is 16.5. The van der Waals surface area contributed by atoms with Gasteiger partial charge in [-0.25, -0.2) is 4.79 Å². The quantitative estimate of drug-likeness (QED) is 0.780. The Bertz CT molecular complexity index is 461. The molecule has 0 saturated carbocycles. The number of rotatable bonds is 5. The van der Waals surface area contributed by atoms with Crippen molar-refractivity contribution in [2.24, 2.45) is 11.1 Å². The standard InChI is InChI=1S/C13H20N2O3/c1-5-18-11(16)10-8(2)15-7-9(10)6-13(3,4)12(14)17/h7,15H,5-6H2,1-4H3,(H2,14,17). The van der Waals surface area contributed by atoms with Crippen LogP contribution in [-0.2, 0) is 16.0 Å². The minimum absolute atomic E-state index is 0.322. The first kappa shape index (κ1) is 14.3. The summed E-state index contributed by atoms with van der Waals surface area (Å²) in [6.45, 7) is 7.39. The molecule has 0 saturated heterocycles. The molecule has 0 aliphatic rings. The third-order valence-electron chi connectivity index (χ3n) is 2.94. The van der Waals surface area contributed by atoms with Gasteiger partial charge in [-0.15, -0.1) is 0 Å². The molecule has 0 atom stereocenters. The van der Waals surface area contributed by atoms with Crippen LogP contribution in [0.4, 0.5) is 0 Å². The smallest absolute Gasteiger partial charge is 0.340 e. The maximum atomic E-state index is 11.8. The van der Waals surface area contributed by atoms with Crippen molar-refractivity contribution in [3.63, 3.8) is 0 Å². The fourth-order valence-electron chi connectivity index (χ4n) is 1.77. The van der Waals surface area contributed by atoms with Crippen molar-refractivity contribution in [2.45, 2.75) is 34.1 Å². The molecule has 0 aliphatic carbocycles. The van der Waals surface area contributed by atoms with Crippen LogP contribution in [0, 0.1) is 12.3 Å². The van der Waals surface area contributed by atoms with Crippen molar-refractivity contribution in [3.8, 4) is 0 Å². The summed E-state index contributed by atoms with van der Waals surface area (Å²) in [5.74, 6) is -0.761. The minimum atomic E-state index is -0.699. The van der Waals surface area contributed by atoms with E-state index in [-0.39, 0.29) is 5.97 Å². The summed E-state index contributed by atoms with van der Waals surface area (Å²) >= 11 is 0. The number of ether oxygens (including phenoxy) is 1. The molecule has 0 unspecified atom stereocenters.